The van der Waals surface area contributed by atoms with E-state index < -0.39 is 11.5 Å². The fourth-order valence-corrected chi connectivity index (χ4v) is 6.19. The molecule has 1 aliphatic rings. The summed E-state index contributed by atoms with van der Waals surface area (Å²) in [7, 11) is 1.74. The molecular formula is C37H46N4O4. The van der Waals surface area contributed by atoms with Gasteiger partial charge in [0.1, 0.15) is 11.4 Å². The van der Waals surface area contributed by atoms with Crippen LogP contribution in [-0.4, -0.2) is 63.8 Å². The highest BCUT2D eigenvalue weighted by Gasteiger charge is 2.29. The lowest BCUT2D eigenvalue weighted by molar-refractivity contribution is -0.133. The van der Waals surface area contributed by atoms with Gasteiger partial charge in [-0.05, 0) is 86.4 Å². The minimum absolute atomic E-state index is 0.223. The smallest absolute Gasteiger partial charge is 0.255 e. The number of aliphatic hydroxyl groups is 1. The summed E-state index contributed by atoms with van der Waals surface area (Å²) in [5.41, 5.74) is 4.70. The zero-order chi connectivity index (χ0) is 32.0. The van der Waals surface area contributed by atoms with Gasteiger partial charge in [0.25, 0.3) is 5.91 Å². The first-order chi connectivity index (χ1) is 21.6. The molecule has 0 radical (unpaired) electrons. The fraction of sp³-hybridized carbons (Fsp3) is 0.432. The molecule has 0 saturated carbocycles. The van der Waals surface area contributed by atoms with Gasteiger partial charge in [-0.15, -0.1) is 0 Å². The monoisotopic (exact) mass is 610 g/mol. The number of aryl methyl sites for hydroxylation is 1. The maximum atomic E-state index is 13.5. The largest absolute Gasteiger partial charge is 0.385 e. The van der Waals surface area contributed by atoms with Crippen LogP contribution in [0.25, 0.3) is 22.2 Å². The van der Waals surface area contributed by atoms with Gasteiger partial charge in [0, 0.05) is 51.4 Å². The second-order valence-corrected chi connectivity index (χ2v) is 12.9. The molecule has 2 heterocycles. The standard InChI is InChI=1S/C37H46N4O4/c1-26(23-27-12-14-28(15-13-27)29-16-18-31(19-17-29)38-36(43)37(2,3)44)24-34(42)40-20-7-9-30(25-40)35-39-32-10-5-6-11-33(32)41(35)21-8-22-45-4/h5-6,10-19,26,30,44H,7-9,20-25H2,1-4H3,(H,38,43)/t26-,30-/m1/s1. The molecule has 8 heteroatoms. The van der Waals surface area contributed by atoms with Crippen LogP contribution < -0.4 is 5.32 Å². The van der Waals surface area contributed by atoms with Gasteiger partial charge in [0.15, 0.2) is 0 Å². The van der Waals surface area contributed by atoms with Gasteiger partial charge < -0.3 is 24.6 Å². The van der Waals surface area contributed by atoms with Gasteiger partial charge in [0.2, 0.25) is 5.91 Å². The van der Waals surface area contributed by atoms with Gasteiger partial charge in [-0.2, -0.15) is 0 Å². The lowest BCUT2D eigenvalue weighted by Crippen LogP contribution is -2.40. The first-order valence-corrected chi connectivity index (χ1v) is 16.1. The number of benzene rings is 3. The van der Waals surface area contributed by atoms with Crippen molar-refractivity contribution in [2.45, 2.75) is 70.9 Å². The lowest BCUT2D eigenvalue weighted by Gasteiger charge is -2.33. The van der Waals surface area contributed by atoms with Crippen LogP contribution in [0.3, 0.4) is 0 Å². The number of nitrogens with one attached hydrogen (secondary N) is 1. The summed E-state index contributed by atoms with van der Waals surface area (Å²) in [4.78, 5) is 32.6. The van der Waals surface area contributed by atoms with E-state index >= 15 is 0 Å². The van der Waals surface area contributed by atoms with Crippen LogP contribution in [0.15, 0.2) is 72.8 Å². The highest BCUT2D eigenvalue weighted by Crippen LogP contribution is 2.31. The van der Waals surface area contributed by atoms with Crippen molar-refractivity contribution < 1.29 is 19.4 Å². The third-order valence-corrected chi connectivity index (χ3v) is 8.65. The normalized spacial score (nSPS) is 16.1. The number of ether oxygens (including phenoxy) is 1. The third kappa shape index (κ3) is 8.18. The molecule has 1 aliphatic heterocycles. The Kier molecular flexibility index (Phi) is 10.4. The highest BCUT2D eigenvalue weighted by atomic mass is 16.5. The van der Waals surface area contributed by atoms with E-state index in [0.29, 0.717) is 25.3 Å². The number of carbonyl (C=O) groups excluding carboxylic acids is 2. The molecule has 45 heavy (non-hydrogen) atoms. The van der Waals surface area contributed by atoms with Crippen molar-refractivity contribution in [1.29, 1.82) is 0 Å². The van der Waals surface area contributed by atoms with Crippen LogP contribution in [0, 0.1) is 5.92 Å². The predicted molar refractivity (Wildman–Crippen MR) is 179 cm³/mol. The number of methoxy groups -OCH3 is 1. The Balaban J connectivity index is 1.16. The second kappa shape index (κ2) is 14.4. The van der Waals surface area contributed by atoms with Crippen molar-refractivity contribution in [1.82, 2.24) is 14.5 Å². The Hall–Kier alpha value is -4.01. The average Bonchev–Trinajstić information content (AvgIpc) is 3.40. The predicted octanol–water partition coefficient (Wildman–Crippen LogP) is 6.42. The molecule has 2 amide bonds. The van der Waals surface area contributed by atoms with E-state index in [0.717, 1.165) is 66.8 Å². The lowest BCUT2D eigenvalue weighted by atomic mass is 9.93. The number of hydrogen-bond donors (Lipinski definition) is 2. The quantitative estimate of drug-likeness (QED) is 0.180. The molecule has 0 unspecified atom stereocenters. The molecule has 3 aromatic carbocycles. The molecule has 0 aliphatic carbocycles. The first kappa shape index (κ1) is 32.4. The summed E-state index contributed by atoms with van der Waals surface area (Å²) in [6.45, 7) is 8.17. The van der Waals surface area contributed by atoms with E-state index in [1.54, 1.807) is 7.11 Å². The van der Waals surface area contributed by atoms with E-state index in [1.165, 1.54) is 19.4 Å². The van der Waals surface area contributed by atoms with Crippen molar-refractivity contribution in [3.8, 4) is 11.1 Å². The minimum atomic E-state index is -1.43. The molecule has 1 saturated heterocycles. The van der Waals surface area contributed by atoms with Gasteiger partial charge in [-0.3, -0.25) is 9.59 Å². The van der Waals surface area contributed by atoms with Crippen molar-refractivity contribution in [3.63, 3.8) is 0 Å². The third-order valence-electron chi connectivity index (χ3n) is 8.65. The summed E-state index contributed by atoms with van der Waals surface area (Å²) < 4.78 is 7.65. The van der Waals surface area contributed by atoms with Crippen LogP contribution in [0.2, 0.25) is 0 Å². The average molecular weight is 611 g/mol. The molecule has 1 fully saturated rings. The summed E-state index contributed by atoms with van der Waals surface area (Å²) in [5.74, 6) is 1.32. The number of amides is 2. The molecule has 8 nitrogen and oxygen atoms in total. The Morgan fingerprint density at radius 3 is 2.42 bits per heavy atom. The number of carbonyl (C=O) groups is 2. The number of rotatable bonds is 12. The SMILES string of the molecule is COCCCn1c([C@@H]2CCCN(C(=O)C[C@H](C)Cc3ccc(-c4ccc(NC(=O)C(C)(C)O)cc4)cc3)C2)nc2ccccc21. The zero-order valence-corrected chi connectivity index (χ0v) is 27.0. The highest BCUT2D eigenvalue weighted by molar-refractivity contribution is 5.96. The van der Waals surface area contributed by atoms with Crippen molar-refractivity contribution in [2.75, 3.05) is 32.1 Å². The van der Waals surface area contributed by atoms with Crippen LogP contribution >= 0.6 is 0 Å². The number of fused-ring (bicyclic) bond motifs is 1. The van der Waals surface area contributed by atoms with Gasteiger partial charge in [0.05, 0.1) is 11.0 Å². The number of hydrogen-bond acceptors (Lipinski definition) is 5. The molecular weight excluding hydrogens is 564 g/mol. The maximum absolute atomic E-state index is 13.5. The van der Waals surface area contributed by atoms with Crippen molar-refractivity contribution >= 4 is 28.5 Å². The van der Waals surface area contributed by atoms with Crippen LogP contribution in [0.1, 0.15) is 63.8 Å². The number of piperidine rings is 1. The molecule has 2 atom stereocenters. The molecule has 5 rings (SSSR count). The summed E-state index contributed by atoms with van der Waals surface area (Å²) in [5, 5.41) is 12.6. The number of imidazole rings is 1. The number of likely N-dealkylation sites (tertiary alicyclic amines) is 1. The van der Waals surface area contributed by atoms with E-state index in [1.807, 2.05) is 30.3 Å². The molecule has 1 aromatic heterocycles. The minimum Gasteiger partial charge on any atom is -0.385 e. The van der Waals surface area contributed by atoms with E-state index in [4.69, 9.17) is 9.72 Å². The van der Waals surface area contributed by atoms with Crippen LogP contribution in [-0.2, 0) is 27.3 Å². The van der Waals surface area contributed by atoms with E-state index in [-0.39, 0.29) is 17.7 Å². The number of nitrogens with zero attached hydrogens (tertiary/aromatic N) is 3. The Morgan fingerprint density at radius 1 is 1.04 bits per heavy atom. The summed E-state index contributed by atoms with van der Waals surface area (Å²) in [6, 6.07) is 24.3. The molecule has 238 valence electrons. The zero-order valence-electron chi connectivity index (χ0n) is 27.0. The number of anilines is 1. The van der Waals surface area contributed by atoms with E-state index in [9.17, 15) is 14.7 Å². The van der Waals surface area contributed by atoms with Gasteiger partial charge in [-0.1, -0.05) is 55.5 Å². The second-order valence-electron chi connectivity index (χ2n) is 12.9. The number of aromatic nitrogens is 2. The first-order valence-electron chi connectivity index (χ1n) is 16.1. The van der Waals surface area contributed by atoms with Crippen molar-refractivity contribution in [2.24, 2.45) is 5.92 Å². The summed E-state index contributed by atoms with van der Waals surface area (Å²) >= 11 is 0. The van der Waals surface area contributed by atoms with Crippen molar-refractivity contribution in [3.05, 3.63) is 84.2 Å². The topological polar surface area (TPSA) is 96.7 Å². The van der Waals surface area contributed by atoms with Crippen LogP contribution in [0.5, 0.6) is 0 Å². The van der Waals surface area contributed by atoms with Crippen LogP contribution in [0.4, 0.5) is 5.69 Å². The fourth-order valence-electron chi connectivity index (χ4n) is 6.19. The van der Waals surface area contributed by atoms with E-state index in [2.05, 4.69) is 64.2 Å². The molecule has 4 aromatic rings. The Bertz CT molecular complexity index is 1590. The number of para-hydroxylation sites is 2. The Labute approximate surface area is 266 Å². The Morgan fingerprint density at radius 2 is 1.73 bits per heavy atom. The molecule has 0 spiro atoms. The maximum Gasteiger partial charge on any atom is 0.255 e. The van der Waals surface area contributed by atoms with Gasteiger partial charge >= 0.3 is 0 Å². The molecule has 0 bridgehead atoms. The van der Waals surface area contributed by atoms with Gasteiger partial charge in [-0.25, -0.2) is 4.98 Å². The summed E-state index contributed by atoms with van der Waals surface area (Å²) in [6.07, 6.45) is 4.31. The molecule has 2 N–H and O–H groups in total.